The number of aryl methyl sites for hydroxylation is 1. The quantitative estimate of drug-likeness (QED) is 0.682. The van der Waals surface area contributed by atoms with Crippen LogP contribution in [0.2, 0.25) is 0 Å². The van der Waals surface area contributed by atoms with E-state index in [2.05, 4.69) is 19.9 Å². The molecule has 0 radical (unpaired) electrons. The first-order valence-electron chi connectivity index (χ1n) is 8.41. The van der Waals surface area contributed by atoms with Gasteiger partial charge in [-0.15, -0.1) is 0 Å². The number of rotatable bonds is 6. The maximum Gasteiger partial charge on any atom is 0.293 e. The van der Waals surface area contributed by atoms with Crippen LogP contribution in [0.3, 0.4) is 0 Å². The smallest absolute Gasteiger partial charge is 0.293 e. The first kappa shape index (κ1) is 18.6. The molecule has 0 saturated carbocycles. The van der Waals surface area contributed by atoms with Crippen LogP contribution in [0.25, 0.3) is 6.08 Å². The van der Waals surface area contributed by atoms with Crippen LogP contribution >= 0.6 is 11.8 Å². The summed E-state index contributed by atoms with van der Waals surface area (Å²) in [5.41, 5.74) is 3.11. The van der Waals surface area contributed by atoms with E-state index in [1.165, 1.54) is 4.90 Å². The molecule has 1 saturated heterocycles. The molecule has 1 heterocycles. The van der Waals surface area contributed by atoms with Gasteiger partial charge >= 0.3 is 0 Å². The Morgan fingerprint density at radius 2 is 1.96 bits per heavy atom. The molecule has 24 heavy (non-hydrogen) atoms. The lowest BCUT2D eigenvalue weighted by atomic mass is 9.96. The molecular weight excluding hydrogens is 322 g/mol. The van der Waals surface area contributed by atoms with Crippen LogP contribution in [0.5, 0.6) is 5.75 Å². The standard InChI is InChI=1S/C19H25NO3S/c1-6-8-20-18(21)17(24-19(20)22)11-14-10-15(12(3)4)16(23-7-2)9-13(14)5/h9-12H,6-8H2,1-5H3/b17-11+. The Morgan fingerprint density at radius 1 is 1.25 bits per heavy atom. The minimum absolute atomic E-state index is 0.180. The number of imide groups is 1. The number of nitrogens with zero attached hydrogens (tertiary/aromatic N) is 1. The van der Waals surface area contributed by atoms with Gasteiger partial charge in [0, 0.05) is 6.54 Å². The molecule has 130 valence electrons. The Kier molecular flexibility index (Phi) is 6.10. The van der Waals surface area contributed by atoms with Gasteiger partial charge in [-0.25, -0.2) is 0 Å². The molecule has 0 N–H and O–H groups in total. The van der Waals surface area contributed by atoms with E-state index in [-0.39, 0.29) is 11.1 Å². The summed E-state index contributed by atoms with van der Waals surface area (Å²) < 4.78 is 5.74. The number of carbonyl (C=O) groups is 2. The fourth-order valence-corrected chi connectivity index (χ4v) is 3.52. The lowest BCUT2D eigenvalue weighted by Gasteiger charge is -2.16. The zero-order chi connectivity index (χ0) is 17.9. The highest BCUT2D eigenvalue weighted by atomic mass is 32.2. The highest BCUT2D eigenvalue weighted by Crippen LogP contribution is 2.35. The van der Waals surface area contributed by atoms with Crippen molar-refractivity contribution >= 4 is 29.0 Å². The van der Waals surface area contributed by atoms with Crippen molar-refractivity contribution < 1.29 is 14.3 Å². The monoisotopic (exact) mass is 347 g/mol. The summed E-state index contributed by atoms with van der Waals surface area (Å²) in [6.45, 7) is 11.2. The number of carbonyl (C=O) groups excluding carboxylic acids is 2. The molecule has 1 aromatic carbocycles. The van der Waals surface area contributed by atoms with Crippen LogP contribution in [0.4, 0.5) is 4.79 Å². The fraction of sp³-hybridized carbons (Fsp3) is 0.474. The summed E-state index contributed by atoms with van der Waals surface area (Å²) in [7, 11) is 0. The summed E-state index contributed by atoms with van der Waals surface area (Å²) in [5.74, 6) is 1.02. The first-order chi connectivity index (χ1) is 11.4. The van der Waals surface area contributed by atoms with E-state index in [1.807, 2.05) is 32.9 Å². The maximum absolute atomic E-state index is 12.4. The van der Waals surface area contributed by atoms with E-state index in [0.717, 1.165) is 40.6 Å². The van der Waals surface area contributed by atoms with Gasteiger partial charge in [-0.05, 0) is 72.8 Å². The molecule has 0 unspecified atom stereocenters. The summed E-state index contributed by atoms with van der Waals surface area (Å²) in [6.07, 6.45) is 2.60. The topological polar surface area (TPSA) is 46.6 Å². The molecular formula is C19H25NO3S. The van der Waals surface area contributed by atoms with Gasteiger partial charge in [-0.3, -0.25) is 14.5 Å². The third-order valence-electron chi connectivity index (χ3n) is 3.93. The Labute approximate surface area is 148 Å². The van der Waals surface area contributed by atoms with Crippen LogP contribution < -0.4 is 4.74 Å². The zero-order valence-corrected chi connectivity index (χ0v) is 15.8. The second-order valence-corrected chi connectivity index (χ2v) is 7.16. The third kappa shape index (κ3) is 3.83. The van der Waals surface area contributed by atoms with E-state index < -0.39 is 0 Å². The number of benzene rings is 1. The zero-order valence-electron chi connectivity index (χ0n) is 15.0. The van der Waals surface area contributed by atoms with E-state index >= 15 is 0 Å². The lowest BCUT2D eigenvalue weighted by molar-refractivity contribution is -0.122. The molecule has 1 aliphatic heterocycles. The Balaban J connectivity index is 2.41. The van der Waals surface area contributed by atoms with Crippen LogP contribution in [-0.2, 0) is 4.79 Å². The first-order valence-corrected chi connectivity index (χ1v) is 9.23. The van der Waals surface area contributed by atoms with Crippen molar-refractivity contribution in [3.63, 3.8) is 0 Å². The Hall–Kier alpha value is -1.75. The highest BCUT2D eigenvalue weighted by Gasteiger charge is 2.34. The SMILES string of the molecule is CCCN1C(=O)S/C(=C/c2cc(C(C)C)c(OCC)cc2C)C1=O. The van der Waals surface area contributed by atoms with Crippen molar-refractivity contribution in [2.45, 2.75) is 47.0 Å². The largest absolute Gasteiger partial charge is 0.494 e. The van der Waals surface area contributed by atoms with Crippen molar-refractivity contribution in [3.05, 3.63) is 33.7 Å². The van der Waals surface area contributed by atoms with Crippen LogP contribution in [-0.4, -0.2) is 29.2 Å². The van der Waals surface area contributed by atoms with Crippen molar-refractivity contribution in [2.24, 2.45) is 0 Å². The molecule has 0 spiro atoms. The Morgan fingerprint density at radius 3 is 2.54 bits per heavy atom. The second kappa shape index (κ2) is 7.88. The molecule has 0 bridgehead atoms. The Bertz CT molecular complexity index is 679. The van der Waals surface area contributed by atoms with Crippen molar-refractivity contribution in [2.75, 3.05) is 13.2 Å². The normalized spacial score (nSPS) is 16.6. The molecule has 0 atom stereocenters. The molecule has 1 fully saturated rings. The van der Waals surface area contributed by atoms with Gasteiger partial charge < -0.3 is 4.74 Å². The fourth-order valence-electron chi connectivity index (χ4n) is 2.66. The van der Waals surface area contributed by atoms with Gasteiger partial charge in [0.05, 0.1) is 11.5 Å². The summed E-state index contributed by atoms with van der Waals surface area (Å²) in [4.78, 5) is 26.2. The van der Waals surface area contributed by atoms with Gasteiger partial charge in [0.15, 0.2) is 0 Å². The number of hydrogen-bond acceptors (Lipinski definition) is 4. The average molecular weight is 347 g/mol. The summed E-state index contributed by atoms with van der Waals surface area (Å²) in [5, 5.41) is -0.180. The number of thioether (sulfide) groups is 1. The van der Waals surface area contributed by atoms with E-state index in [1.54, 1.807) is 0 Å². The minimum atomic E-state index is -0.189. The molecule has 2 amide bonds. The van der Waals surface area contributed by atoms with Gasteiger partial charge in [-0.2, -0.15) is 0 Å². The number of hydrogen-bond donors (Lipinski definition) is 0. The van der Waals surface area contributed by atoms with Gasteiger partial charge in [-0.1, -0.05) is 20.8 Å². The van der Waals surface area contributed by atoms with E-state index in [0.29, 0.717) is 24.0 Å². The second-order valence-electron chi connectivity index (χ2n) is 6.17. The van der Waals surface area contributed by atoms with Gasteiger partial charge in [0.25, 0.3) is 11.1 Å². The molecule has 0 aromatic heterocycles. The molecule has 5 heteroatoms. The van der Waals surface area contributed by atoms with Gasteiger partial charge in [0.2, 0.25) is 0 Å². The van der Waals surface area contributed by atoms with Crippen LogP contribution in [0.15, 0.2) is 17.0 Å². The van der Waals surface area contributed by atoms with Crippen molar-refractivity contribution in [3.8, 4) is 5.75 Å². The van der Waals surface area contributed by atoms with Crippen LogP contribution in [0, 0.1) is 6.92 Å². The van der Waals surface area contributed by atoms with Crippen molar-refractivity contribution in [1.82, 2.24) is 4.90 Å². The minimum Gasteiger partial charge on any atom is -0.494 e. The predicted octanol–water partition coefficient (Wildman–Crippen LogP) is 4.96. The molecule has 2 rings (SSSR count). The van der Waals surface area contributed by atoms with Gasteiger partial charge in [0.1, 0.15) is 5.75 Å². The highest BCUT2D eigenvalue weighted by molar-refractivity contribution is 8.18. The predicted molar refractivity (Wildman–Crippen MR) is 99.4 cm³/mol. The van der Waals surface area contributed by atoms with E-state index in [9.17, 15) is 9.59 Å². The maximum atomic E-state index is 12.4. The van der Waals surface area contributed by atoms with E-state index in [4.69, 9.17) is 4.74 Å². The summed E-state index contributed by atoms with van der Waals surface area (Å²) >= 11 is 1.02. The number of amides is 2. The summed E-state index contributed by atoms with van der Waals surface area (Å²) in [6, 6.07) is 4.08. The molecule has 0 aliphatic carbocycles. The average Bonchev–Trinajstić information content (AvgIpc) is 2.78. The number of ether oxygens (including phenoxy) is 1. The third-order valence-corrected chi connectivity index (χ3v) is 4.84. The molecule has 4 nitrogen and oxygen atoms in total. The molecule has 1 aromatic rings. The lowest BCUT2D eigenvalue weighted by Crippen LogP contribution is -2.28. The van der Waals surface area contributed by atoms with Crippen LogP contribution in [0.1, 0.15) is 56.7 Å². The molecule has 1 aliphatic rings. The van der Waals surface area contributed by atoms with Crippen molar-refractivity contribution in [1.29, 1.82) is 0 Å².